The molecule has 1 aromatic carbocycles. The lowest BCUT2D eigenvalue weighted by molar-refractivity contribution is -0.121. The summed E-state index contributed by atoms with van der Waals surface area (Å²) in [4.78, 5) is 27.1. The molecular formula is C28H39N3O3. The van der Waals surface area contributed by atoms with Crippen molar-refractivity contribution in [2.75, 3.05) is 32.8 Å². The first-order valence-corrected chi connectivity index (χ1v) is 13.4. The molecule has 2 fully saturated rings. The largest absolute Gasteiger partial charge is 0.381 e. The van der Waals surface area contributed by atoms with E-state index in [2.05, 4.69) is 22.0 Å². The number of ether oxygens (including phenoxy) is 1. The van der Waals surface area contributed by atoms with Gasteiger partial charge in [-0.15, -0.1) is 0 Å². The Morgan fingerprint density at radius 1 is 1.09 bits per heavy atom. The van der Waals surface area contributed by atoms with Crippen LogP contribution in [0.3, 0.4) is 0 Å². The minimum Gasteiger partial charge on any atom is -0.381 e. The predicted octanol–water partition coefficient (Wildman–Crippen LogP) is 4.18. The lowest BCUT2D eigenvalue weighted by Crippen LogP contribution is -2.40. The van der Waals surface area contributed by atoms with Crippen molar-refractivity contribution in [2.45, 2.75) is 65.3 Å². The molecule has 0 radical (unpaired) electrons. The van der Waals surface area contributed by atoms with Crippen molar-refractivity contribution < 1.29 is 14.3 Å². The molecule has 1 saturated heterocycles. The van der Waals surface area contributed by atoms with Gasteiger partial charge in [0.1, 0.15) is 0 Å². The Labute approximate surface area is 203 Å². The van der Waals surface area contributed by atoms with E-state index in [-0.39, 0.29) is 18.4 Å². The van der Waals surface area contributed by atoms with Gasteiger partial charge in [-0.25, -0.2) is 0 Å². The Morgan fingerprint density at radius 3 is 2.59 bits per heavy atom. The van der Waals surface area contributed by atoms with E-state index < -0.39 is 0 Å². The van der Waals surface area contributed by atoms with E-state index in [1.165, 1.54) is 54.3 Å². The first-order valence-electron chi connectivity index (χ1n) is 13.4. The van der Waals surface area contributed by atoms with Gasteiger partial charge >= 0.3 is 0 Å². The fraction of sp³-hybridized carbons (Fsp3) is 0.643. The van der Waals surface area contributed by atoms with Gasteiger partial charge in [0.15, 0.2) is 0 Å². The Kier molecular flexibility index (Phi) is 6.96. The van der Waals surface area contributed by atoms with Gasteiger partial charge in [-0.3, -0.25) is 9.59 Å². The summed E-state index contributed by atoms with van der Waals surface area (Å²) in [5.74, 6) is 2.10. The van der Waals surface area contributed by atoms with Gasteiger partial charge < -0.3 is 19.5 Å². The van der Waals surface area contributed by atoms with Gasteiger partial charge in [0.05, 0.1) is 6.54 Å². The number of fused-ring (bicyclic) bond motifs is 3. The highest BCUT2D eigenvalue weighted by molar-refractivity contribution is 6.00. The lowest BCUT2D eigenvalue weighted by Gasteiger charge is -2.33. The highest BCUT2D eigenvalue weighted by atomic mass is 16.5. The summed E-state index contributed by atoms with van der Waals surface area (Å²) in [5, 5.41) is 4.06. The molecule has 2 aromatic rings. The molecule has 184 valence electrons. The van der Waals surface area contributed by atoms with Crippen LogP contribution < -0.4 is 5.32 Å². The summed E-state index contributed by atoms with van der Waals surface area (Å²) in [6.07, 6.45) is 8.54. The zero-order valence-electron chi connectivity index (χ0n) is 20.8. The topological polar surface area (TPSA) is 63.6 Å². The van der Waals surface area contributed by atoms with Crippen LogP contribution in [-0.2, 0) is 28.9 Å². The zero-order chi connectivity index (χ0) is 23.7. The van der Waals surface area contributed by atoms with Crippen LogP contribution in [0.15, 0.2) is 18.2 Å². The molecule has 6 heteroatoms. The number of carbonyl (C=O) groups excluding carboxylic acids is 2. The highest BCUT2D eigenvalue weighted by Crippen LogP contribution is 2.41. The van der Waals surface area contributed by atoms with Crippen molar-refractivity contribution in [3.63, 3.8) is 0 Å². The number of hydrogen-bond acceptors (Lipinski definition) is 3. The number of rotatable bonds is 8. The lowest BCUT2D eigenvalue weighted by atomic mass is 9.75. The molecule has 1 N–H and O–H groups in total. The number of hydrogen-bond donors (Lipinski definition) is 1. The fourth-order valence-electron chi connectivity index (χ4n) is 6.10. The Balaban J connectivity index is 1.47. The number of benzene rings is 1. The van der Waals surface area contributed by atoms with E-state index in [0.717, 1.165) is 44.4 Å². The molecule has 0 spiro atoms. The van der Waals surface area contributed by atoms with Crippen LogP contribution in [0, 0.1) is 17.8 Å². The maximum Gasteiger partial charge on any atom is 0.254 e. The minimum absolute atomic E-state index is 0.0591. The van der Waals surface area contributed by atoms with Crippen molar-refractivity contribution in [3.05, 3.63) is 35.0 Å². The zero-order valence-corrected chi connectivity index (χ0v) is 20.8. The van der Waals surface area contributed by atoms with Crippen LogP contribution in [0.4, 0.5) is 0 Å². The van der Waals surface area contributed by atoms with Crippen LogP contribution in [0.2, 0.25) is 0 Å². The van der Waals surface area contributed by atoms with E-state index in [1.807, 2.05) is 19.9 Å². The van der Waals surface area contributed by atoms with Gasteiger partial charge in [-0.05, 0) is 100 Å². The van der Waals surface area contributed by atoms with Gasteiger partial charge in [0.2, 0.25) is 5.91 Å². The number of carbonyl (C=O) groups is 2. The number of aromatic nitrogens is 1. The van der Waals surface area contributed by atoms with Gasteiger partial charge in [-0.1, -0.05) is 0 Å². The van der Waals surface area contributed by atoms with Crippen molar-refractivity contribution in [3.8, 4) is 0 Å². The molecule has 1 saturated carbocycles. The second-order valence-electron chi connectivity index (χ2n) is 10.4. The number of amides is 2. The number of nitrogens with zero attached hydrogens (tertiary/aromatic N) is 2. The van der Waals surface area contributed by atoms with E-state index in [9.17, 15) is 9.59 Å². The summed E-state index contributed by atoms with van der Waals surface area (Å²) in [6, 6.07) is 6.25. The molecule has 2 heterocycles. The van der Waals surface area contributed by atoms with Crippen molar-refractivity contribution >= 4 is 22.7 Å². The molecule has 1 unspecified atom stereocenters. The summed E-state index contributed by atoms with van der Waals surface area (Å²) < 4.78 is 8.20. The smallest absolute Gasteiger partial charge is 0.254 e. The fourth-order valence-corrected chi connectivity index (χ4v) is 6.10. The Bertz CT molecular complexity index is 1050. The molecular weight excluding hydrogens is 426 g/mol. The monoisotopic (exact) mass is 465 g/mol. The quantitative estimate of drug-likeness (QED) is 0.636. The molecule has 2 amide bonds. The molecule has 2 aliphatic carbocycles. The number of nitrogens with one attached hydrogen (secondary N) is 1. The predicted molar refractivity (Wildman–Crippen MR) is 134 cm³/mol. The van der Waals surface area contributed by atoms with E-state index >= 15 is 0 Å². The molecule has 3 aliphatic rings. The Morgan fingerprint density at radius 2 is 1.88 bits per heavy atom. The summed E-state index contributed by atoms with van der Waals surface area (Å²) in [7, 11) is 0. The van der Waals surface area contributed by atoms with Crippen LogP contribution in [0.5, 0.6) is 0 Å². The van der Waals surface area contributed by atoms with Crippen LogP contribution >= 0.6 is 0 Å². The maximum absolute atomic E-state index is 13.4. The SMILES string of the molecule is CCNC(=O)CN(CC)C(=O)c1ccc2c(c1)c1c(n2CC2CC2)CCC(C2CCOCC2)C1. The third kappa shape index (κ3) is 4.74. The number of likely N-dealkylation sites (N-methyl/N-ethyl adjacent to an activating group) is 2. The van der Waals surface area contributed by atoms with E-state index in [4.69, 9.17) is 4.74 Å². The van der Waals surface area contributed by atoms with Gasteiger partial charge in [0.25, 0.3) is 5.91 Å². The summed E-state index contributed by atoms with van der Waals surface area (Å²) in [6.45, 7) is 7.93. The van der Waals surface area contributed by atoms with Crippen LogP contribution in [0.1, 0.15) is 67.6 Å². The third-order valence-corrected chi connectivity index (χ3v) is 8.20. The average Bonchev–Trinajstić information content (AvgIpc) is 3.64. The second kappa shape index (κ2) is 10.1. The highest BCUT2D eigenvalue weighted by Gasteiger charge is 2.33. The Hall–Kier alpha value is -2.34. The minimum atomic E-state index is -0.106. The second-order valence-corrected chi connectivity index (χ2v) is 10.4. The van der Waals surface area contributed by atoms with Gasteiger partial charge in [0, 0.05) is 55.0 Å². The molecule has 1 aliphatic heterocycles. The van der Waals surface area contributed by atoms with Crippen molar-refractivity contribution in [1.82, 2.24) is 14.8 Å². The summed E-state index contributed by atoms with van der Waals surface area (Å²) >= 11 is 0. The van der Waals surface area contributed by atoms with Gasteiger partial charge in [-0.2, -0.15) is 0 Å². The summed E-state index contributed by atoms with van der Waals surface area (Å²) in [5.41, 5.74) is 4.95. The van der Waals surface area contributed by atoms with Crippen LogP contribution in [-0.4, -0.2) is 54.1 Å². The maximum atomic E-state index is 13.4. The average molecular weight is 466 g/mol. The van der Waals surface area contributed by atoms with Crippen molar-refractivity contribution in [2.24, 2.45) is 17.8 Å². The first kappa shape index (κ1) is 23.4. The first-order chi connectivity index (χ1) is 16.6. The van der Waals surface area contributed by atoms with Crippen LogP contribution in [0.25, 0.3) is 10.9 Å². The molecule has 0 bridgehead atoms. The standard InChI is InChI=1S/C28H39N3O3/c1-3-29-27(32)18-30(4-2)28(33)22-8-10-26-24(16-22)23-15-21(20-11-13-34-14-12-20)7-9-25(23)31(26)17-19-5-6-19/h8,10,16,19-21H,3-7,9,11-15,17-18H2,1-2H3,(H,29,32). The molecule has 1 aromatic heterocycles. The van der Waals surface area contributed by atoms with E-state index in [0.29, 0.717) is 24.6 Å². The third-order valence-electron chi connectivity index (χ3n) is 8.20. The molecule has 1 atom stereocenters. The normalized spacial score (nSPS) is 20.8. The van der Waals surface area contributed by atoms with E-state index in [1.54, 1.807) is 4.90 Å². The van der Waals surface area contributed by atoms with Crippen molar-refractivity contribution in [1.29, 1.82) is 0 Å². The molecule has 34 heavy (non-hydrogen) atoms. The molecule has 6 nitrogen and oxygen atoms in total. The molecule has 5 rings (SSSR count).